The van der Waals surface area contributed by atoms with Crippen LogP contribution >= 0.6 is 0 Å². The van der Waals surface area contributed by atoms with Crippen LogP contribution in [-0.4, -0.2) is 32.4 Å². The van der Waals surface area contributed by atoms with Gasteiger partial charge in [-0.3, -0.25) is 4.79 Å². The lowest BCUT2D eigenvalue weighted by Gasteiger charge is -2.17. The Morgan fingerprint density at radius 2 is 2.20 bits per heavy atom. The molecule has 6 heteroatoms. The fourth-order valence-electron chi connectivity index (χ4n) is 1.18. The summed E-state index contributed by atoms with van der Waals surface area (Å²) in [5.74, 6) is -1.11. The van der Waals surface area contributed by atoms with Gasteiger partial charge in [-0.1, -0.05) is 6.07 Å². The number of carboxylic acids is 1. The van der Waals surface area contributed by atoms with Crippen molar-refractivity contribution in [3.05, 3.63) is 23.9 Å². The minimum atomic E-state index is -1.39. The zero-order valence-corrected chi connectivity index (χ0v) is 7.87. The van der Waals surface area contributed by atoms with Crippen molar-refractivity contribution in [1.82, 2.24) is 4.98 Å². The van der Waals surface area contributed by atoms with Crippen molar-refractivity contribution in [2.45, 2.75) is 18.6 Å². The smallest absolute Gasteiger partial charge is 0.306 e. The second kappa shape index (κ2) is 4.72. The molecule has 1 rings (SSSR count). The van der Waals surface area contributed by atoms with Gasteiger partial charge < -0.3 is 21.1 Å². The van der Waals surface area contributed by atoms with Gasteiger partial charge in [-0.25, -0.2) is 4.98 Å². The molecule has 0 fully saturated rings. The SMILES string of the molecule is Nc1ncccc1C(O)C(O)CC(=O)O. The number of pyridine rings is 1. The summed E-state index contributed by atoms with van der Waals surface area (Å²) in [6.45, 7) is 0. The molecule has 15 heavy (non-hydrogen) atoms. The third-order valence-corrected chi connectivity index (χ3v) is 1.94. The van der Waals surface area contributed by atoms with Crippen LogP contribution in [0.2, 0.25) is 0 Å². The van der Waals surface area contributed by atoms with Crippen LogP contribution in [0, 0.1) is 0 Å². The van der Waals surface area contributed by atoms with Gasteiger partial charge in [-0.2, -0.15) is 0 Å². The summed E-state index contributed by atoms with van der Waals surface area (Å²) < 4.78 is 0. The predicted molar refractivity (Wildman–Crippen MR) is 51.9 cm³/mol. The minimum absolute atomic E-state index is 0.0782. The molecule has 0 saturated carbocycles. The molecular formula is C9H12N2O4. The number of aliphatic carboxylic acids is 1. The Kier molecular flexibility index (Phi) is 3.59. The Morgan fingerprint density at radius 1 is 1.53 bits per heavy atom. The fourth-order valence-corrected chi connectivity index (χ4v) is 1.18. The first-order valence-electron chi connectivity index (χ1n) is 4.30. The lowest BCUT2D eigenvalue weighted by atomic mass is 10.0. The van der Waals surface area contributed by atoms with Crippen LogP contribution in [0.4, 0.5) is 5.82 Å². The number of nitrogen functional groups attached to an aromatic ring is 1. The van der Waals surface area contributed by atoms with Crippen LogP contribution in [0.1, 0.15) is 18.1 Å². The van der Waals surface area contributed by atoms with Gasteiger partial charge in [0, 0.05) is 11.8 Å². The van der Waals surface area contributed by atoms with E-state index in [0.717, 1.165) is 0 Å². The second-order valence-corrected chi connectivity index (χ2v) is 3.09. The second-order valence-electron chi connectivity index (χ2n) is 3.09. The molecule has 0 aromatic carbocycles. The Bertz CT molecular complexity index is 356. The number of anilines is 1. The molecule has 0 aliphatic rings. The molecule has 0 bridgehead atoms. The van der Waals surface area contributed by atoms with Crippen molar-refractivity contribution >= 4 is 11.8 Å². The van der Waals surface area contributed by atoms with E-state index in [1.165, 1.54) is 12.3 Å². The van der Waals surface area contributed by atoms with E-state index in [1.807, 2.05) is 0 Å². The zero-order valence-electron chi connectivity index (χ0n) is 7.87. The molecule has 1 aromatic heterocycles. The fraction of sp³-hybridized carbons (Fsp3) is 0.333. The van der Waals surface area contributed by atoms with E-state index in [9.17, 15) is 15.0 Å². The highest BCUT2D eigenvalue weighted by molar-refractivity contribution is 5.67. The predicted octanol–water partition coefficient (Wildman–Crippen LogP) is -0.467. The number of nitrogens with two attached hydrogens (primary N) is 1. The molecule has 0 aliphatic heterocycles. The third kappa shape index (κ3) is 2.90. The summed E-state index contributed by atoms with van der Waals surface area (Å²) in [5, 5.41) is 27.4. The van der Waals surface area contributed by atoms with Crippen LogP contribution < -0.4 is 5.73 Å². The van der Waals surface area contributed by atoms with E-state index in [0.29, 0.717) is 0 Å². The maximum absolute atomic E-state index is 10.3. The largest absolute Gasteiger partial charge is 0.481 e. The molecule has 2 atom stereocenters. The number of carboxylic acid groups (broad SMARTS) is 1. The summed E-state index contributed by atoms with van der Waals surface area (Å²) >= 11 is 0. The lowest BCUT2D eigenvalue weighted by Crippen LogP contribution is -2.22. The van der Waals surface area contributed by atoms with Crippen LogP contribution in [0.25, 0.3) is 0 Å². The van der Waals surface area contributed by atoms with Gasteiger partial charge >= 0.3 is 5.97 Å². The highest BCUT2D eigenvalue weighted by Gasteiger charge is 2.22. The first-order chi connectivity index (χ1) is 7.02. The van der Waals surface area contributed by atoms with Crippen LogP contribution in [0.5, 0.6) is 0 Å². The molecule has 1 heterocycles. The highest BCUT2D eigenvalue weighted by atomic mass is 16.4. The number of aliphatic hydroxyl groups excluding tert-OH is 2. The first kappa shape index (κ1) is 11.4. The molecule has 6 nitrogen and oxygen atoms in total. The van der Waals surface area contributed by atoms with E-state index in [2.05, 4.69) is 4.98 Å². The van der Waals surface area contributed by atoms with E-state index in [1.54, 1.807) is 6.07 Å². The highest BCUT2D eigenvalue weighted by Crippen LogP contribution is 2.22. The van der Waals surface area contributed by atoms with E-state index in [-0.39, 0.29) is 11.4 Å². The van der Waals surface area contributed by atoms with Crippen LogP contribution in [-0.2, 0) is 4.79 Å². The number of aliphatic hydroxyl groups is 2. The summed E-state index contributed by atoms with van der Waals surface area (Å²) in [6, 6.07) is 3.03. The Morgan fingerprint density at radius 3 is 2.73 bits per heavy atom. The van der Waals surface area contributed by atoms with Crippen molar-refractivity contribution in [2.24, 2.45) is 0 Å². The van der Waals surface area contributed by atoms with Gasteiger partial charge in [0.05, 0.1) is 12.5 Å². The minimum Gasteiger partial charge on any atom is -0.481 e. The van der Waals surface area contributed by atoms with Crippen molar-refractivity contribution in [3.63, 3.8) is 0 Å². The van der Waals surface area contributed by atoms with E-state index in [4.69, 9.17) is 10.8 Å². The molecule has 5 N–H and O–H groups in total. The molecule has 1 aromatic rings. The zero-order chi connectivity index (χ0) is 11.4. The maximum atomic E-state index is 10.3. The normalized spacial score (nSPS) is 14.5. The quantitative estimate of drug-likeness (QED) is 0.536. The molecule has 0 aliphatic carbocycles. The number of hydrogen-bond donors (Lipinski definition) is 4. The average molecular weight is 212 g/mol. The van der Waals surface area contributed by atoms with Crippen LogP contribution in [0.15, 0.2) is 18.3 Å². The number of rotatable bonds is 4. The monoisotopic (exact) mass is 212 g/mol. The maximum Gasteiger partial charge on any atom is 0.306 e. The molecule has 0 amide bonds. The van der Waals surface area contributed by atoms with Gasteiger partial charge in [-0.15, -0.1) is 0 Å². The number of nitrogens with zero attached hydrogens (tertiary/aromatic N) is 1. The Hall–Kier alpha value is -1.66. The van der Waals surface area contributed by atoms with Gasteiger partial charge in [0.25, 0.3) is 0 Å². The van der Waals surface area contributed by atoms with Crippen molar-refractivity contribution in [1.29, 1.82) is 0 Å². The average Bonchev–Trinajstić information content (AvgIpc) is 2.16. The Balaban J connectivity index is 2.80. The van der Waals surface area contributed by atoms with Crippen molar-refractivity contribution in [3.8, 4) is 0 Å². The van der Waals surface area contributed by atoms with Crippen molar-refractivity contribution < 1.29 is 20.1 Å². The Labute approximate surface area is 86.0 Å². The first-order valence-corrected chi connectivity index (χ1v) is 4.30. The molecular weight excluding hydrogens is 200 g/mol. The summed E-state index contributed by atoms with van der Waals surface area (Å²) in [7, 11) is 0. The summed E-state index contributed by atoms with van der Waals surface area (Å²) in [6.07, 6.45) is -1.84. The van der Waals surface area contributed by atoms with Crippen molar-refractivity contribution in [2.75, 3.05) is 5.73 Å². The molecule has 0 spiro atoms. The van der Waals surface area contributed by atoms with Gasteiger partial charge in [-0.05, 0) is 6.07 Å². The van der Waals surface area contributed by atoms with Crippen LogP contribution in [0.3, 0.4) is 0 Å². The standard InChI is InChI=1S/C9H12N2O4/c10-9-5(2-1-3-11-9)8(15)6(12)4-7(13)14/h1-3,6,8,12,15H,4H2,(H2,10,11)(H,13,14). The number of hydrogen-bond acceptors (Lipinski definition) is 5. The molecule has 0 radical (unpaired) electrons. The summed E-state index contributed by atoms with van der Waals surface area (Å²) in [4.78, 5) is 14.0. The molecule has 2 unspecified atom stereocenters. The topological polar surface area (TPSA) is 117 Å². The molecule has 82 valence electrons. The molecule has 0 saturated heterocycles. The lowest BCUT2D eigenvalue weighted by molar-refractivity contribution is -0.141. The van der Waals surface area contributed by atoms with E-state index < -0.39 is 24.6 Å². The number of carbonyl (C=O) groups is 1. The summed E-state index contributed by atoms with van der Waals surface area (Å²) in [5.41, 5.74) is 5.69. The van der Waals surface area contributed by atoms with E-state index >= 15 is 0 Å². The van der Waals surface area contributed by atoms with Gasteiger partial charge in [0.2, 0.25) is 0 Å². The number of aromatic nitrogens is 1. The third-order valence-electron chi connectivity index (χ3n) is 1.94. The van der Waals surface area contributed by atoms with Gasteiger partial charge in [0.15, 0.2) is 0 Å². The van der Waals surface area contributed by atoms with Gasteiger partial charge in [0.1, 0.15) is 11.9 Å².